The van der Waals surface area contributed by atoms with E-state index < -0.39 is 0 Å². The van der Waals surface area contributed by atoms with Crippen molar-refractivity contribution in [3.8, 4) is 0 Å². The molecule has 0 aliphatic rings. The largest absolute Gasteiger partial charge is 0.352 e. The molecule has 0 unspecified atom stereocenters. The first-order valence-electron chi connectivity index (χ1n) is 5.44. The number of ether oxygens (including phenoxy) is 2. The third-order valence-electron chi connectivity index (χ3n) is 1.94. The summed E-state index contributed by atoms with van der Waals surface area (Å²) in [6.07, 6.45) is -0.162. The molecule has 0 amide bonds. The van der Waals surface area contributed by atoms with Crippen LogP contribution in [0.15, 0.2) is 12.1 Å². The second kappa shape index (κ2) is 8.03. The van der Waals surface area contributed by atoms with Crippen LogP contribution >= 0.6 is 22.9 Å². The summed E-state index contributed by atoms with van der Waals surface area (Å²) in [5.74, 6) is 0. The molecule has 0 spiro atoms. The zero-order valence-electron chi connectivity index (χ0n) is 9.66. The fraction of sp³-hybridized carbons (Fsp3) is 0.636. The lowest BCUT2D eigenvalue weighted by Crippen LogP contribution is -2.31. The lowest BCUT2D eigenvalue weighted by Gasteiger charge is -2.17. The highest BCUT2D eigenvalue weighted by Gasteiger charge is 2.07. The van der Waals surface area contributed by atoms with Crippen LogP contribution in [-0.2, 0) is 16.0 Å². The Kier molecular flexibility index (Phi) is 7.00. The molecule has 0 aliphatic carbocycles. The van der Waals surface area contributed by atoms with Gasteiger partial charge in [0, 0.05) is 31.2 Å². The second-order valence-electron chi connectivity index (χ2n) is 3.18. The van der Waals surface area contributed by atoms with E-state index in [-0.39, 0.29) is 6.29 Å². The van der Waals surface area contributed by atoms with Gasteiger partial charge in [0.25, 0.3) is 0 Å². The molecule has 1 rings (SSSR count). The van der Waals surface area contributed by atoms with E-state index in [2.05, 4.69) is 5.32 Å². The Morgan fingerprint density at radius 1 is 1.31 bits per heavy atom. The van der Waals surface area contributed by atoms with Crippen LogP contribution in [0.1, 0.15) is 18.7 Å². The first-order chi connectivity index (χ1) is 7.76. The summed E-state index contributed by atoms with van der Waals surface area (Å²) in [5, 5.41) is 3.29. The van der Waals surface area contributed by atoms with E-state index in [1.807, 2.05) is 26.0 Å². The maximum atomic E-state index is 5.84. The molecular weight excluding hydrogens is 246 g/mol. The summed E-state index contributed by atoms with van der Waals surface area (Å²) in [4.78, 5) is 1.22. The maximum Gasteiger partial charge on any atom is 0.169 e. The molecule has 1 heterocycles. The van der Waals surface area contributed by atoms with E-state index in [1.165, 1.54) is 4.88 Å². The predicted molar refractivity (Wildman–Crippen MR) is 68.1 cm³/mol. The number of hydrogen-bond donors (Lipinski definition) is 1. The highest BCUT2D eigenvalue weighted by molar-refractivity contribution is 7.16. The summed E-state index contributed by atoms with van der Waals surface area (Å²) in [6.45, 7) is 6.75. The van der Waals surface area contributed by atoms with Gasteiger partial charge in [-0.3, -0.25) is 0 Å². The molecule has 0 aromatic carbocycles. The smallest absolute Gasteiger partial charge is 0.169 e. The molecule has 1 aromatic heterocycles. The van der Waals surface area contributed by atoms with Gasteiger partial charge in [-0.05, 0) is 26.0 Å². The van der Waals surface area contributed by atoms with Crippen molar-refractivity contribution in [2.24, 2.45) is 0 Å². The average Bonchev–Trinajstić information content (AvgIpc) is 2.65. The molecule has 1 N–H and O–H groups in total. The summed E-state index contributed by atoms with van der Waals surface area (Å²) >= 11 is 7.43. The van der Waals surface area contributed by atoms with Gasteiger partial charge in [-0.2, -0.15) is 0 Å². The molecule has 0 radical (unpaired) electrons. The van der Waals surface area contributed by atoms with Crippen molar-refractivity contribution >= 4 is 22.9 Å². The predicted octanol–water partition coefficient (Wildman–Crippen LogP) is 2.89. The van der Waals surface area contributed by atoms with Gasteiger partial charge in [0.2, 0.25) is 0 Å². The molecule has 5 heteroatoms. The summed E-state index contributed by atoms with van der Waals surface area (Å²) in [5.41, 5.74) is 0. The van der Waals surface area contributed by atoms with Crippen molar-refractivity contribution in [3.63, 3.8) is 0 Å². The number of thiophene rings is 1. The summed E-state index contributed by atoms with van der Waals surface area (Å²) in [6, 6.07) is 3.93. The molecule has 3 nitrogen and oxygen atoms in total. The molecule has 0 atom stereocenters. The zero-order chi connectivity index (χ0) is 11.8. The average molecular weight is 264 g/mol. The third kappa shape index (κ3) is 5.27. The van der Waals surface area contributed by atoms with E-state index in [0.717, 1.165) is 10.9 Å². The molecule has 92 valence electrons. The molecule has 0 aliphatic heterocycles. The van der Waals surface area contributed by atoms with Gasteiger partial charge in [-0.15, -0.1) is 11.3 Å². The van der Waals surface area contributed by atoms with Crippen molar-refractivity contribution in [3.05, 3.63) is 21.3 Å². The highest BCUT2D eigenvalue weighted by Crippen LogP contribution is 2.20. The minimum atomic E-state index is -0.162. The molecule has 0 bridgehead atoms. The van der Waals surface area contributed by atoms with Crippen LogP contribution in [0.2, 0.25) is 4.34 Å². The van der Waals surface area contributed by atoms with E-state index in [4.69, 9.17) is 21.1 Å². The summed E-state index contributed by atoms with van der Waals surface area (Å²) in [7, 11) is 0. The minimum Gasteiger partial charge on any atom is -0.352 e. The van der Waals surface area contributed by atoms with Crippen LogP contribution in [0.3, 0.4) is 0 Å². The van der Waals surface area contributed by atoms with Crippen molar-refractivity contribution in [2.45, 2.75) is 26.7 Å². The first kappa shape index (κ1) is 13.9. The number of rotatable bonds is 8. The van der Waals surface area contributed by atoms with Crippen LogP contribution in [0.25, 0.3) is 0 Å². The summed E-state index contributed by atoms with van der Waals surface area (Å²) < 4.78 is 11.7. The van der Waals surface area contributed by atoms with Crippen molar-refractivity contribution in [1.29, 1.82) is 0 Å². The Labute approximate surface area is 106 Å². The molecule has 1 aromatic rings. The minimum absolute atomic E-state index is 0.162. The molecule has 16 heavy (non-hydrogen) atoms. The van der Waals surface area contributed by atoms with Crippen LogP contribution in [0, 0.1) is 0 Å². The second-order valence-corrected chi connectivity index (χ2v) is 4.98. The van der Waals surface area contributed by atoms with Crippen LogP contribution in [-0.4, -0.2) is 26.0 Å². The first-order valence-corrected chi connectivity index (χ1v) is 6.63. The Morgan fingerprint density at radius 3 is 2.50 bits per heavy atom. The fourth-order valence-corrected chi connectivity index (χ4v) is 2.35. The lowest BCUT2D eigenvalue weighted by atomic mass is 10.4. The van der Waals surface area contributed by atoms with Crippen LogP contribution < -0.4 is 5.32 Å². The van der Waals surface area contributed by atoms with E-state index in [9.17, 15) is 0 Å². The normalized spacial score (nSPS) is 11.2. The fourth-order valence-electron chi connectivity index (χ4n) is 1.30. The number of nitrogens with one attached hydrogen (secondary N) is 1. The van der Waals surface area contributed by atoms with Crippen LogP contribution in [0.5, 0.6) is 0 Å². The Morgan fingerprint density at radius 2 is 2.00 bits per heavy atom. The highest BCUT2D eigenvalue weighted by atomic mass is 35.5. The quantitative estimate of drug-likeness (QED) is 0.732. The molecule has 0 saturated heterocycles. The molecular formula is C11H18ClNO2S. The number of hydrogen-bond acceptors (Lipinski definition) is 4. The monoisotopic (exact) mass is 263 g/mol. The molecule has 0 fully saturated rings. The van der Waals surface area contributed by atoms with Crippen molar-refractivity contribution < 1.29 is 9.47 Å². The zero-order valence-corrected chi connectivity index (χ0v) is 11.2. The Hall–Kier alpha value is -0.130. The Balaban J connectivity index is 2.21. The van der Waals surface area contributed by atoms with Gasteiger partial charge in [-0.1, -0.05) is 11.6 Å². The SMILES string of the molecule is CCOC(CNCc1ccc(Cl)s1)OCC. The van der Waals surface area contributed by atoms with Crippen molar-refractivity contribution in [2.75, 3.05) is 19.8 Å². The van der Waals surface area contributed by atoms with Gasteiger partial charge < -0.3 is 14.8 Å². The Bertz CT molecular complexity index is 287. The van der Waals surface area contributed by atoms with Gasteiger partial charge in [0.1, 0.15) is 0 Å². The van der Waals surface area contributed by atoms with E-state index in [1.54, 1.807) is 11.3 Å². The lowest BCUT2D eigenvalue weighted by molar-refractivity contribution is -0.133. The van der Waals surface area contributed by atoms with Crippen molar-refractivity contribution in [1.82, 2.24) is 5.32 Å². The van der Waals surface area contributed by atoms with Gasteiger partial charge in [0.15, 0.2) is 6.29 Å². The number of halogens is 1. The van der Waals surface area contributed by atoms with Gasteiger partial charge >= 0.3 is 0 Å². The van der Waals surface area contributed by atoms with Crippen LogP contribution in [0.4, 0.5) is 0 Å². The molecule has 0 saturated carbocycles. The van der Waals surface area contributed by atoms with Gasteiger partial charge in [0.05, 0.1) is 4.34 Å². The maximum absolute atomic E-state index is 5.84. The van der Waals surface area contributed by atoms with Gasteiger partial charge in [-0.25, -0.2) is 0 Å². The third-order valence-corrected chi connectivity index (χ3v) is 3.18. The topological polar surface area (TPSA) is 30.5 Å². The van der Waals surface area contributed by atoms with E-state index in [0.29, 0.717) is 19.8 Å². The van der Waals surface area contributed by atoms with E-state index >= 15 is 0 Å². The standard InChI is InChI=1S/C11H18ClNO2S/c1-3-14-11(15-4-2)8-13-7-9-5-6-10(12)16-9/h5-6,11,13H,3-4,7-8H2,1-2H3.